The smallest absolute Gasteiger partial charge is 0.120 e. The molecule has 0 saturated carbocycles. The van der Waals surface area contributed by atoms with Crippen LogP contribution in [0.15, 0.2) is 126 Å². The maximum absolute atomic E-state index is 12.8. The molecule has 0 N–H and O–H groups in total. The molecule has 0 aliphatic rings. The molecule has 0 bridgehead atoms. The molecule has 0 amide bonds. The van der Waals surface area contributed by atoms with Gasteiger partial charge in [-0.3, -0.25) is 0 Å². The van der Waals surface area contributed by atoms with E-state index in [0.29, 0.717) is 0 Å². The van der Waals surface area contributed by atoms with Crippen LogP contribution in [-0.4, -0.2) is 23.2 Å². The van der Waals surface area contributed by atoms with Crippen molar-refractivity contribution in [2.75, 3.05) is 0 Å². The summed E-state index contributed by atoms with van der Waals surface area (Å²) in [5.74, 6) is 6.73. The fourth-order valence-corrected chi connectivity index (χ4v) is 6.99. The molecule has 6 heteroatoms. The molecule has 0 unspecified atom stereocenters. The molecule has 0 spiro atoms. The van der Waals surface area contributed by atoms with E-state index in [0.717, 1.165) is 50.0 Å². The van der Waals surface area contributed by atoms with E-state index in [4.69, 9.17) is 4.42 Å². The van der Waals surface area contributed by atoms with Crippen molar-refractivity contribution in [2.45, 2.75) is 17.3 Å². The summed E-state index contributed by atoms with van der Waals surface area (Å²) in [6.07, 6.45) is 3.79. The molecule has 43 heavy (non-hydrogen) atoms. The second kappa shape index (κ2) is 13.2. The molecule has 0 fully saturated rings. The molecule has 0 aliphatic carbocycles. The number of nitrogens with zero attached hydrogens (tertiary/aromatic N) is 2. The van der Waals surface area contributed by atoms with Gasteiger partial charge in [-0.25, -0.2) is 0 Å². The Balaban J connectivity index is 0.000000180. The Morgan fingerprint density at radius 1 is 0.721 bits per heavy atom. The van der Waals surface area contributed by atoms with Gasteiger partial charge in [0.15, 0.2) is 0 Å². The van der Waals surface area contributed by atoms with Crippen molar-refractivity contribution in [3.8, 4) is 33.6 Å². The second-order valence-corrected chi connectivity index (χ2v) is 21.7. The quantitative estimate of drug-likeness (QED) is 0.132. The molecule has 3 aromatic heterocycles. The van der Waals surface area contributed by atoms with E-state index in [2.05, 4.69) is 69.7 Å². The fourth-order valence-electron chi connectivity index (χ4n) is 4.82. The fraction of sp³-hybridized carbons (Fsp3) is 0.0811. The van der Waals surface area contributed by atoms with Gasteiger partial charge in [-0.1, -0.05) is 65.5 Å². The zero-order valence-electron chi connectivity index (χ0n) is 24.1. The van der Waals surface area contributed by atoms with Crippen LogP contribution in [0.4, 0.5) is 4.39 Å². The number of para-hydroxylation sites is 1. The van der Waals surface area contributed by atoms with Gasteiger partial charge in [0.25, 0.3) is 0 Å². The standard InChI is InChI=1S/C23H14NO.C14H15FGeN.Ir/c1-2-7-16(8-3-1)17-13-14-24-21(15-17)20-11-6-10-19-18-9-4-5-12-22(18)25-23(19)20;1-16(2,3)13-8-9-14(17-10-13)11-4-6-12(15)7-5-11;/h1-10,12-15H;4,6-10H,1-3H3;/q2*-1;. The summed E-state index contributed by atoms with van der Waals surface area (Å²) in [5.41, 5.74) is 7.46. The Hall–Kier alpha value is -3.90. The Labute approximate surface area is 267 Å². The van der Waals surface area contributed by atoms with Crippen molar-refractivity contribution in [3.05, 3.63) is 140 Å². The van der Waals surface area contributed by atoms with E-state index in [1.54, 1.807) is 6.07 Å². The molecule has 4 aromatic carbocycles. The van der Waals surface area contributed by atoms with Gasteiger partial charge in [-0.2, -0.15) is 0 Å². The van der Waals surface area contributed by atoms with Gasteiger partial charge in [0.2, 0.25) is 0 Å². The summed E-state index contributed by atoms with van der Waals surface area (Å²) in [4.78, 5) is 9.00. The van der Waals surface area contributed by atoms with Gasteiger partial charge in [0.05, 0.1) is 5.58 Å². The number of furan rings is 1. The van der Waals surface area contributed by atoms with Crippen molar-refractivity contribution < 1.29 is 28.9 Å². The van der Waals surface area contributed by atoms with Gasteiger partial charge in [-0.05, 0) is 29.0 Å². The average Bonchev–Trinajstić information content (AvgIpc) is 3.41. The molecular weight excluding hydrogens is 772 g/mol. The zero-order valence-corrected chi connectivity index (χ0v) is 28.6. The summed E-state index contributed by atoms with van der Waals surface area (Å²) in [7, 11) is 0. The third-order valence-corrected chi connectivity index (χ3v) is 11.4. The first-order valence-electron chi connectivity index (χ1n) is 13.8. The van der Waals surface area contributed by atoms with Crippen LogP contribution in [0.1, 0.15) is 0 Å². The van der Waals surface area contributed by atoms with Crippen molar-refractivity contribution >= 4 is 39.6 Å². The number of rotatable bonds is 4. The predicted octanol–water partition coefficient (Wildman–Crippen LogP) is 9.35. The summed E-state index contributed by atoms with van der Waals surface area (Å²) < 4.78 is 20.3. The minimum Gasteiger partial charge on any atom is -0.501 e. The normalized spacial score (nSPS) is 11.1. The number of aromatic nitrogens is 2. The Morgan fingerprint density at radius 3 is 2.23 bits per heavy atom. The molecule has 0 saturated heterocycles. The molecule has 1 radical (unpaired) electrons. The third-order valence-electron chi connectivity index (χ3n) is 7.14. The van der Waals surface area contributed by atoms with Crippen molar-refractivity contribution in [1.82, 2.24) is 9.97 Å². The molecule has 7 rings (SSSR count). The van der Waals surface area contributed by atoms with Crippen molar-refractivity contribution in [2.24, 2.45) is 0 Å². The largest absolute Gasteiger partial charge is 0.501 e. The zero-order chi connectivity index (χ0) is 29.1. The van der Waals surface area contributed by atoms with Crippen LogP contribution in [0.2, 0.25) is 17.3 Å². The van der Waals surface area contributed by atoms with E-state index in [1.807, 2.05) is 73.1 Å². The molecule has 0 atom stereocenters. The van der Waals surface area contributed by atoms with Crippen LogP contribution in [0.3, 0.4) is 0 Å². The Kier molecular flexibility index (Phi) is 9.36. The van der Waals surface area contributed by atoms with Crippen LogP contribution in [-0.2, 0) is 20.1 Å². The van der Waals surface area contributed by atoms with Crippen LogP contribution in [0, 0.1) is 17.9 Å². The van der Waals surface area contributed by atoms with Crippen molar-refractivity contribution in [1.29, 1.82) is 0 Å². The minimum absolute atomic E-state index is 0. The number of hydrogen-bond donors (Lipinski definition) is 0. The number of fused-ring (bicyclic) bond motifs is 3. The Morgan fingerprint density at radius 2 is 1.51 bits per heavy atom. The third kappa shape index (κ3) is 6.86. The van der Waals surface area contributed by atoms with Crippen LogP contribution in [0.25, 0.3) is 55.6 Å². The molecule has 3 heterocycles. The van der Waals surface area contributed by atoms with Crippen LogP contribution in [0.5, 0.6) is 0 Å². The van der Waals surface area contributed by atoms with Gasteiger partial charge in [0.1, 0.15) is 5.58 Å². The number of halogens is 1. The predicted molar refractivity (Wildman–Crippen MR) is 173 cm³/mol. The van der Waals surface area contributed by atoms with Gasteiger partial charge < -0.3 is 9.40 Å². The van der Waals surface area contributed by atoms with E-state index in [1.165, 1.54) is 22.1 Å². The SMILES string of the molecule is [CH3][Ge]([CH3])([CH3])[c]1ccc(-c2[c-]cc(F)cc2)nc1.[Ir].[c-]1ccc2c(oc3ccccc32)c1-c1cc(-c2ccccc2)ccn1. The van der Waals surface area contributed by atoms with Gasteiger partial charge in [0, 0.05) is 31.7 Å². The van der Waals surface area contributed by atoms with Gasteiger partial charge >= 0.3 is 104 Å². The summed E-state index contributed by atoms with van der Waals surface area (Å²) >= 11 is -1.79. The minimum atomic E-state index is -1.79. The average molecular weight is 801 g/mol. The first-order valence-corrected chi connectivity index (χ1v) is 21.2. The summed E-state index contributed by atoms with van der Waals surface area (Å²) in [5, 5.41) is 2.21. The van der Waals surface area contributed by atoms with E-state index in [-0.39, 0.29) is 25.9 Å². The topological polar surface area (TPSA) is 38.9 Å². The van der Waals surface area contributed by atoms with Crippen molar-refractivity contribution in [3.63, 3.8) is 0 Å². The van der Waals surface area contributed by atoms with Crippen LogP contribution < -0.4 is 4.40 Å². The molecule has 215 valence electrons. The molecular formula is C37H29FGeIrN2O-2. The summed E-state index contributed by atoms with van der Waals surface area (Å²) in [6.45, 7) is 0. The number of pyridine rings is 2. The van der Waals surface area contributed by atoms with Crippen LogP contribution >= 0.6 is 0 Å². The molecule has 0 aliphatic heterocycles. The maximum Gasteiger partial charge on any atom is 0.120 e. The number of benzene rings is 4. The van der Waals surface area contributed by atoms with E-state index >= 15 is 0 Å². The molecule has 7 aromatic rings. The first-order chi connectivity index (χ1) is 20.4. The first kappa shape index (κ1) is 30.6. The van der Waals surface area contributed by atoms with Gasteiger partial charge in [-0.15, -0.1) is 18.2 Å². The van der Waals surface area contributed by atoms with E-state index < -0.39 is 13.3 Å². The molecule has 3 nitrogen and oxygen atoms in total. The van der Waals surface area contributed by atoms with E-state index in [9.17, 15) is 4.39 Å². The Bertz CT molecular complexity index is 1970. The second-order valence-electron chi connectivity index (χ2n) is 11.1. The monoisotopic (exact) mass is 803 g/mol. The summed E-state index contributed by atoms with van der Waals surface area (Å²) in [6, 6.07) is 41.3. The maximum atomic E-state index is 12.8. The number of hydrogen-bond acceptors (Lipinski definition) is 3.